The maximum atomic E-state index is 5.82. The van der Waals surface area contributed by atoms with Crippen LogP contribution in [0.25, 0.3) is 11.0 Å². The highest BCUT2D eigenvalue weighted by Gasteiger charge is 2.11. The van der Waals surface area contributed by atoms with Crippen molar-refractivity contribution in [3.05, 3.63) is 48.2 Å². The first-order valence-electron chi connectivity index (χ1n) is 7.53. The molecule has 0 atom stereocenters. The Bertz CT molecular complexity index is 761. The van der Waals surface area contributed by atoms with Crippen molar-refractivity contribution in [2.75, 3.05) is 17.6 Å². The minimum atomic E-state index is 0.302. The van der Waals surface area contributed by atoms with Gasteiger partial charge in [-0.15, -0.1) is 0 Å². The van der Waals surface area contributed by atoms with Crippen LogP contribution in [0.4, 0.5) is 11.8 Å². The molecule has 0 unspecified atom stereocenters. The predicted molar refractivity (Wildman–Crippen MR) is 90.8 cm³/mol. The second-order valence-corrected chi connectivity index (χ2v) is 5.87. The van der Waals surface area contributed by atoms with Gasteiger partial charge in [0.15, 0.2) is 5.82 Å². The molecule has 2 heterocycles. The van der Waals surface area contributed by atoms with E-state index in [-0.39, 0.29) is 0 Å². The second kappa shape index (κ2) is 6.05. The van der Waals surface area contributed by atoms with E-state index in [0.29, 0.717) is 11.9 Å². The first-order valence-corrected chi connectivity index (χ1v) is 7.53. The Morgan fingerprint density at radius 3 is 2.64 bits per heavy atom. The Hall–Kier alpha value is -2.56. The van der Waals surface area contributed by atoms with E-state index < -0.39 is 0 Å². The van der Waals surface area contributed by atoms with Gasteiger partial charge in [0.05, 0.1) is 5.52 Å². The second-order valence-electron chi connectivity index (χ2n) is 5.87. The summed E-state index contributed by atoms with van der Waals surface area (Å²) < 4.78 is 2.16. The van der Waals surface area contributed by atoms with Crippen LogP contribution in [0.15, 0.2) is 42.6 Å². The van der Waals surface area contributed by atoms with Crippen molar-refractivity contribution in [1.82, 2.24) is 14.5 Å². The Morgan fingerprint density at radius 1 is 1.14 bits per heavy atom. The first kappa shape index (κ1) is 14.4. The lowest BCUT2D eigenvalue weighted by atomic mass is 10.2. The van der Waals surface area contributed by atoms with Gasteiger partial charge in [0.2, 0.25) is 5.95 Å². The molecule has 2 aromatic heterocycles. The zero-order valence-electron chi connectivity index (χ0n) is 13.0. The number of hydrogen-bond donors (Lipinski definition) is 2. The molecule has 5 heteroatoms. The summed E-state index contributed by atoms with van der Waals surface area (Å²) in [5.74, 6) is 1.64. The van der Waals surface area contributed by atoms with E-state index in [1.165, 1.54) is 5.56 Å². The first-order chi connectivity index (χ1) is 10.6. The highest BCUT2D eigenvalue weighted by atomic mass is 15.1. The van der Waals surface area contributed by atoms with Crippen LogP contribution in [0.2, 0.25) is 0 Å². The molecule has 0 aliphatic heterocycles. The third kappa shape index (κ3) is 3.03. The summed E-state index contributed by atoms with van der Waals surface area (Å²) in [5.41, 5.74) is 8.93. The monoisotopic (exact) mass is 295 g/mol. The quantitative estimate of drug-likeness (QED) is 0.759. The lowest BCUT2D eigenvalue weighted by Gasteiger charge is -2.12. The Balaban J connectivity index is 2.00. The largest absolute Gasteiger partial charge is 0.368 e. The van der Waals surface area contributed by atoms with Gasteiger partial charge in [0, 0.05) is 19.3 Å². The summed E-state index contributed by atoms with van der Waals surface area (Å²) in [5, 5.41) is 3.39. The topological polar surface area (TPSA) is 68.8 Å². The highest BCUT2D eigenvalue weighted by Crippen LogP contribution is 2.23. The van der Waals surface area contributed by atoms with Gasteiger partial charge in [-0.1, -0.05) is 44.2 Å². The highest BCUT2D eigenvalue weighted by molar-refractivity contribution is 5.87. The number of nitrogens with two attached hydrogens (primary N) is 1. The van der Waals surface area contributed by atoms with Crippen LogP contribution in [-0.2, 0) is 6.54 Å². The molecule has 3 aromatic rings. The van der Waals surface area contributed by atoms with Crippen molar-refractivity contribution in [2.24, 2.45) is 5.92 Å². The maximum absolute atomic E-state index is 5.82. The van der Waals surface area contributed by atoms with E-state index in [2.05, 4.69) is 45.8 Å². The number of nitrogens with one attached hydrogen (secondary N) is 1. The van der Waals surface area contributed by atoms with Gasteiger partial charge in [-0.2, -0.15) is 4.98 Å². The molecule has 1 aromatic carbocycles. The van der Waals surface area contributed by atoms with Gasteiger partial charge in [0.1, 0.15) is 5.52 Å². The van der Waals surface area contributed by atoms with Crippen molar-refractivity contribution in [2.45, 2.75) is 20.4 Å². The predicted octanol–water partition coefficient (Wildman–Crippen LogP) is 3.13. The summed E-state index contributed by atoms with van der Waals surface area (Å²) in [6.07, 6.45) is 2.03. The number of anilines is 2. The van der Waals surface area contributed by atoms with Crippen LogP contribution in [-0.4, -0.2) is 21.1 Å². The van der Waals surface area contributed by atoms with Crippen molar-refractivity contribution in [1.29, 1.82) is 0 Å². The molecule has 0 fully saturated rings. The van der Waals surface area contributed by atoms with E-state index in [1.807, 2.05) is 30.5 Å². The molecule has 0 spiro atoms. The molecule has 0 amide bonds. The summed E-state index contributed by atoms with van der Waals surface area (Å²) in [6, 6.07) is 12.3. The Labute approximate surface area is 130 Å². The zero-order chi connectivity index (χ0) is 15.5. The van der Waals surface area contributed by atoms with E-state index in [9.17, 15) is 0 Å². The van der Waals surface area contributed by atoms with E-state index in [0.717, 1.165) is 29.9 Å². The average molecular weight is 295 g/mol. The molecule has 3 N–H and O–H groups in total. The van der Waals surface area contributed by atoms with Crippen LogP contribution in [0.3, 0.4) is 0 Å². The van der Waals surface area contributed by atoms with Crippen LogP contribution >= 0.6 is 0 Å². The number of nitrogens with zero attached hydrogens (tertiary/aromatic N) is 3. The van der Waals surface area contributed by atoms with E-state index in [4.69, 9.17) is 5.73 Å². The third-order valence-corrected chi connectivity index (χ3v) is 3.50. The number of aromatic nitrogens is 3. The summed E-state index contributed by atoms with van der Waals surface area (Å²) in [7, 11) is 0. The minimum absolute atomic E-state index is 0.302. The molecule has 0 saturated carbocycles. The average Bonchev–Trinajstić information content (AvgIpc) is 2.88. The van der Waals surface area contributed by atoms with Gasteiger partial charge in [-0.25, -0.2) is 4.98 Å². The molecule has 3 rings (SSSR count). The van der Waals surface area contributed by atoms with Crippen LogP contribution in [0, 0.1) is 5.92 Å². The number of fused-ring (bicyclic) bond motifs is 1. The van der Waals surface area contributed by atoms with Gasteiger partial charge in [-0.3, -0.25) is 0 Å². The normalized spacial score (nSPS) is 11.2. The van der Waals surface area contributed by atoms with Gasteiger partial charge in [-0.05, 0) is 17.5 Å². The Kier molecular flexibility index (Phi) is 3.96. The van der Waals surface area contributed by atoms with E-state index >= 15 is 0 Å². The van der Waals surface area contributed by atoms with Crippen molar-refractivity contribution >= 4 is 22.8 Å². The molecule has 0 bridgehead atoms. The smallest absolute Gasteiger partial charge is 0.222 e. The van der Waals surface area contributed by atoms with E-state index in [1.54, 1.807) is 0 Å². The summed E-state index contributed by atoms with van der Waals surface area (Å²) >= 11 is 0. The fraction of sp³-hybridized carbons (Fsp3) is 0.294. The van der Waals surface area contributed by atoms with Crippen LogP contribution < -0.4 is 11.1 Å². The third-order valence-electron chi connectivity index (χ3n) is 3.50. The number of rotatable bonds is 5. The van der Waals surface area contributed by atoms with Crippen LogP contribution in [0.1, 0.15) is 19.4 Å². The van der Waals surface area contributed by atoms with Crippen LogP contribution in [0.5, 0.6) is 0 Å². The molecule has 0 saturated heterocycles. The minimum Gasteiger partial charge on any atom is -0.368 e. The number of hydrogen-bond acceptors (Lipinski definition) is 4. The Morgan fingerprint density at radius 2 is 1.91 bits per heavy atom. The number of nitrogen functional groups attached to an aromatic ring is 1. The lowest BCUT2D eigenvalue weighted by Crippen LogP contribution is -2.12. The molecule has 0 aliphatic carbocycles. The van der Waals surface area contributed by atoms with Crippen molar-refractivity contribution < 1.29 is 0 Å². The van der Waals surface area contributed by atoms with Gasteiger partial charge < -0.3 is 15.6 Å². The number of benzene rings is 1. The standard InChI is InChI=1S/C17H21N5/c1-12(2)10-19-16-15-14(20-17(18)21-16)8-9-22(15)11-13-6-4-3-5-7-13/h3-9,12H,10-11H2,1-2H3,(H3,18,19,20,21). The zero-order valence-corrected chi connectivity index (χ0v) is 13.0. The molecule has 0 aliphatic rings. The summed E-state index contributed by atoms with van der Waals surface area (Å²) in [4.78, 5) is 8.71. The molecular formula is C17H21N5. The molecular weight excluding hydrogens is 274 g/mol. The van der Waals surface area contributed by atoms with Crippen molar-refractivity contribution in [3.63, 3.8) is 0 Å². The summed E-state index contributed by atoms with van der Waals surface area (Å²) in [6.45, 7) is 5.96. The van der Waals surface area contributed by atoms with Gasteiger partial charge >= 0.3 is 0 Å². The molecule has 114 valence electrons. The molecule has 0 radical (unpaired) electrons. The van der Waals surface area contributed by atoms with Crippen molar-refractivity contribution in [3.8, 4) is 0 Å². The fourth-order valence-corrected chi connectivity index (χ4v) is 2.46. The lowest BCUT2D eigenvalue weighted by molar-refractivity contribution is 0.687. The molecule has 22 heavy (non-hydrogen) atoms. The van der Waals surface area contributed by atoms with Gasteiger partial charge in [0.25, 0.3) is 0 Å². The molecule has 5 nitrogen and oxygen atoms in total. The maximum Gasteiger partial charge on any atom is 0.222 e. The SMILES string of the molecule is CC(C)CNc1nc(N)nc2ccn(Cc3ccccc3)c12. The fourth-order valence-electron chi connectivity index (χ4n) is 2.46.